The van der Waals surface area contributed by atoms with E-state index in [1.807, 2.05) is 0 Å². The van der Waals surface area contributed by atoms with Crippen molar-refractivity contribution in [1.82, 2.24) is 5.32 Å². The van der Waals surface area contributed by atoms with Crippen molar-refractivity contribution in [2.45, 2.75) is 18.9 Å². The summed E-state index contributed by atoms with van der Waals surface area (Å²) in [6.07, 6.45) is 2.22. The molecule has 0 unspecified atom stereocenters. The van der Waals surface area contributed by atoms with Gasteiger partial charge in [0.2, 0.25) is 5.91 Å². The average molecular weight is 284 g/mol. The van der Waals surface area contributed by atoms with Crippen molar-refractivity contribution < 1.29 is 13.2 Å². The Bertz CT molecular complexity index is 569. The van der Waals surface area contributed by atoms with Gasteiger partial charge >= 0.3 is 0 Å². The van der Waals surface area contributed by atoms with Gasteiger partial charge in [0.1, 0.15) is 0 Å². The largest absolute Gasteiger partial charge is 0.325 e. The number of anilines is 2. The van der Waals surface area contributed by atoms with Gasteiger partial charge in [0, 0.05) is 11.7 Å². The molecule has 1 amide bonds. The van der Waals surface area contributed by atoms with E-state index in [1.165, 1.54) is 6.07 Å². The summed E-state index contributed by atoms with van der Waals surface area (Å²) in [5, 5.41) is 10.6. The van der Waals surface area contributed by atoms with E-state index in [-0.39, 0.29) is 12.5 Å². The molecule has 1 aliphatic carbocycles. The Morgan fingerprint density at radius 1 is 1.32 bits per heavy atom. The van der Waals surface area contributed by atoms with E-state index in [0.717, 1.165) is 12.8 Å². The number of nitrogens with one attached hydrogen (secondary N) is 3. The Balaban J connectivity index is 1.92. The molecule has 0 spiro atoms. The molecule has 7 nitrogen and oxygen atoms in total. The average Bonchev–Trinajstić information content (AvgIpc) is 3.08. The minimum absolute atomic E-state index is 0.167. The number of amides is 1. The smallest absolute Gasteiger partial charge is 0.296 e. The van der Waals surface area contributed by atoms with Crippen LogP contribution in [-0.4, -0.2) is 26.9 Å². The molecule has 1 aromatic carbocycles. The number of rotatable bonds is 6. The monoisotopic (exact) mass is 284 g/mol. The van der Waals surface area contributed by atoms with Gasteiger partial charge in [-0.15, -0.1) is 0 Å². The molecule has 0 bridgehead atoms. The lowest BCUT2D eigenvalue weighted by Crippen LogP contribution is -2.29. The third-order valence-corrected chi connectivity index (χ3v) is 3.06. The molecule has 0 radical (unpaired) electrons. The van der Waals surface area contributed by atoms with Crippen molar-refractivity contribution in [1.29, 1.82) is 0 Å². The Morgan fingerprint density at radius 2 is 2.00 bits per heavy atom. The summed E-state index contributed by atoms with van der Waals surface area (Å²) in [4.78, 5) is 11.6. The maximum atomic E-state index is 11.6. The van der Waals surface area contributed by atoms with Crippen LogP contribution < -0.4 is 20.5 Å². The summed E-state index contributed by atoms with van der Waals surface area (Å²) in [5.41, 5.74) is 0.812. The van der Waals surface area contributed by atoms with E-state index < -0.39 is 10.2 Å². The van der Waals surface area contributed by atoms with E-state index in [2.05, 4.69) is 15.4 Å². The summed E-state index contributed by atoms with van der Waals surface area (Å²) in [7, 11) is -3.81. The zero-order chi connectivity index (χ0) is 13.9. The minimum atomic E-state index is -3.81. The van der Waals surface area contributed by atoms with E-state index in [4.69, 9.17) is 5.14 Å². The zero-order valence-corrected chi connectivity index (χ0v) is 11.0. The highest BCUT2D eigenvalue weighted by Gasteiger charge is 2.21. The first kappa shape index (κ1) is 13.8. The van der Waals surface area contributed by atoms with Crippen LogP contribution in [0.2, 0.25) is 0 Å². The number of hydrogen-bond acceptors (Lipinski definition) is 4. The number of carbonyl (C=O) groups is 1. The molecule has 1 aromatic rings. The van der Waals surface area contributed by atoms with Crippen molar-refractivity contribution in [3.8, 4) is 0 Å². The summed E-state index contributed by atoms with van der Waals surface area (Å²) in [6, 6.07) is 6.80. The molecule has 19 heavy (non-hydrogen) atoms. The van der Waals surface area contributed by atoms with E-state index in [9.17, 15) is 13.2 Å². The number of carbonyl (C=O) groups excluding carboxylic acids is 1. The van der Waals surface area contributed by atoms with Crippen molar-refractivity contribution in [2.75, 3.05) is 16.6 Å². The van der Waals surface area contributed by atoms with E-state index in [1.54, 1.807) is 18.2 Å². The molecule has 0 saturated heterocycles. The Morgan fingerprint density at radius 3 is 2.63 bits per heavy atom. The zero-order valence-electron chi connectivity index (χ0n) is 10.2. The lowest BCUT2D eigenvalue weighted by Gasteiger charge is -2.08. The molecular weight excluding hydrogens is 268 g/mol. The minimum Gasteiger partial charge on any atom is -0.325 e. The fraction of sp³-hybridized carbons (Fsp3) is 0.364. The van der Waals surface area contributed by atoms with Crippen LogP contribution in [0.5, 0.6) is 0 Å². The van der Waals surface area contributed by atoms with Gasteiger partial charge < -0.3 is 10.6 Å². The summed E-state index contributed by atoms with van der Waals surface area (Å²) in [5.74, 6) is -0.167. The van der Waals surface area contributed by atoms with Gasteiger partial charge in [-0.2, -0.15) is 8.42 Å². The molecule has 8 heteroatoms. The summed E-state index contributed by atoms with van der Waals surface area (Å²) < 4.78 is 23.9. The highest BCUT2D eigenvalue weighted by Crippen LogP contribution is 2.18. The predicted octanol–water partition coefficient (Wildman–Crippen LogP) is -0.00750. The number of benzene rings is 1. The van der Waals surface area contributed by atoms with Gasteiger partial charge in [-0.1, -0.05) is 6.07 Å². The maximum Gasteiger partial charge on any atom is 0.296 e. The second kappa shape index (κ2) is 5.55. The molecule has 2 rings (SSSR count). The first-order chi connectivity index (χ1) is 8.92. The second-order valence-corrected chi connectivity index (χ2v) is 5.73. The highest BCUT2D eigenvalue weighted by atomic mass is 32.2. The van der Waals surface area contributed by atoms with E-state index >= 15 is 0 Å². The van der Waals surface area contributed by atoms with Crippen LogP contribution in [0.15, 0.2) is 24.3 Å². The molecule has 1 fully saturated rings. The van der Waals surface area contributed by atoms with Crippen LogP contribution >= 0.6 is 0 Å². The standard InChI is InChI=1S/C11H16N4O3S/c12-19(17,18)15-10-3-1-2-9(6-10)14-11(16)7-13-8-4-5-8/h1-3,6,8,13,15H,4-5,7H2,(H,14,16)(H2,12,17,18). The fourth-order valence-electron chi connectivity index (χ4n) is 1.55. The summed E-state index contributed by atoms with van der Waals surface area (Å²) in [6.45, 7) is 0.248. The van der Waals surface area contributed by atoms with Crippen molar-refractivity contribution >= 4 is 27.5 Å². The Labute approximate surface area is 111 Å². The van der Waals surface area contributed by atoms with Gasteiger partial charge in [0.25, 0.3) is 10.2 Å². The van der Waals surface area contributed by atoms with Gasteiger partial charge in [-0.3, -0.25) is 9.52 Å². The lowest BCUT2D eigenvalue weighted by molar-refractivity contribution is -0.115. The Kier molecular flexibility index (Phi) is 4.03. The quantitative estimate of drug-likeness (QED) is 0.588. The summed E-state index contributed by atoms with van der Waals surface area (Å²) >= 11 is 0. The first-order valence-electron chi connectivity index (χ1n) is 5.86. The number of hydrogen-bond donors (Lipinski definition) is 4. The maximum absolute atomic E-state index is 11.6. The van der Waals surface area contributed by atoms with Crippen molar-refractivity contribution in [3.63, 3.8) is 0 Å². The molecule has 0 aromatic heterocycles. The second-order valence-electron chi connectivity index (χ2n) is 4.43. The first-order valence-corrected chi connectivity index (χ1v) is 7.41. The highest BCUT2D eigenvalue weighted by molar-refractivity contribution is 7.90. The normalized spacial score (nSPS) is 15.0. The molecule has 0 atom stereocenters. The van der Waals surface area contributed by atoms with Gasteiger partial charge in [0.05, 0.1) is 12.2 Å². The van der Waals surface area contributed by atoms with Crippen LogP contribution in [0.1, 0.15) is 12.8 Å². The molecule has 5 N–H and O–H groups in total. The third kappa shape index (κ3) is 5.25. The van der Waals surface area contributed by atoms with Crippen molar-refractivity contribution in [3.05, 3.63) is 24.3 Å². The topological polar surface area (TPSA) is 113 Å². The molecular formula is C11H16N4O3S. The molecule has 0 aliphatic heterocycles. The molecule has 104 valence electrons. The van der Waals surface area contributed by atoms with Crippen LogP contribution in [0.4, 0.5) is 11.4 Å². The fourth-order valence-corrected chi connectivity index (χ4v) is 2.01. The predicted molar refractivity (Wildman–Crippen MR) is 72.8 cm³/mol. The van der Waals surface area contributed by atoms with Crippen LogP contribution in [0, 0.1) is 0 Å². The van der Waals surface area contributed by atoms with Crippen LogP contribution in [-0.2, 0) is 15.0 Å². The van der Waals surface area contributed by atoms with Gasteiger partial charge in [-0.05, 0) is 31.0 Å². The van der Waals surface area contributed by atoms with Crippen LogP contribution in [0.3, 0.4) is 0 Å². The van der Waals surface area contributed by atoms with Crippen molar-refractivity contribution in [2.24, 2.45) is 5.14 Å². The number of nitrogens with two attached hydrogens (primary N) is 1. The molecule has 1 aliphatic rings. The SMILES string of the molecule is NS(=O)(=O)Nc1cccc(NC(=O)CNC2CC2)c1. The van der Waals surface area contributed by atoms with Gasteiger partial charge in [0.15, 0.2) is 0 Å². The molecule has 0 heterocycles. The lowest BCUT2D eigenvalue weighted by atomic mass is 10.3. The molecule has 1 saturated carbocycles. The van der Waals surface area contributed by atoms with Crippen LogP contribution in [0.25, 0.3) is 0 Å². The third-order valence-electron chi connectivity index (χ3n) is 2.54. The van der Waals surface area contributed by atoms with Gasteiger partial charge in [-0.25, -0.2) is 5.14 Å². The van der Waals surface area contributed by atoms with E-state index in [0.29, 0.717) is 17.4 Å². The Hall–Kier alpha value is -1.64.